The van der Waals surface area contributed by atoms with E-state index < -0.39 is 0 Å². The average molecular weight is 302 g/mol. The Hall–Kier alpha value is -1.23. The van der Waals surface area contributed by atoms with Crippen molar-refractivity contribution in [3.05, 3.63) is 51.7 Å². The first-order chi connectivity index (χ1) is 9.78. The van der Waals surface area contributed by atoms with Gasteiger partial charge in [0.25, 0.3) is 0 Å². The quantitative estimate of drug-likeness (QED) is 0.704. The van der Waals surface area contributed by atoms with Gasteiger partial charge in [0.1, 0.15) is 5.01 Å². The fourth-order valence-electron chi connectivity index (χ4n) is 2.34. The molecule has 104 valence electrons. The van der Waals surface area contributed by atoms with Crippen molar-refractivity contribution in [2.45, 2.75) is 32.4 Å². The van der Waals surface area contributed by atoms with Crippen LogP contribution in [0.15, 0.2) is 41.8 Å². The second kappa shape index (κ2) is 6.04. The van der Waals surface area contributed by atoms with Gasteiger partial charge in [0, 0.05) is 10.9 Å². The fourth-order valence-corrected chi connectivity index (χ4v) is 4.19. The third-order valence-electron chi connectivity index (χ3n) is 3.43. The van der Waals surface area contributed by atoms with E-state index in [1.165, 1.54) is 14.6 Å². The Morgan fingerprint density at radius 2 is 2.05 bits per heavy atom. The zero-order valence-electron chi connectivity index (χ0n) is 11.7. The first-order valence-electron chi connectivity index (χ1n) is 6.93. The van der Waals surface area contributed by atoms with E-state index in [1.54, 1.807) is 11.3 Å². The molecule has 2 aromatic heterocycles. The number of rotatable bonds is 5. The van der Waals surface area contributed by atoms with Crippen LogP contribution >= 0.6 is 22.7 Å². The molecule has 1 aromatic carbocycles. The van der Waals surface area contributed by atoms with Gasteiger partial charge in [0.15, 0.2) is 0 Å². The van der Waals surface area contributed by atoms with Crippen LogP contribution in [0.2, 0.25) is 0 Å². The summed E-state index contributed by atoms with van der Waals surface area (Å²) in [5.74, 6) is 0. The maximum Gasteiger partial charge on any atom is 0.111 e. The Labute approximate surface area is 127 Å². The summed E-state index contributed by atoms with van der Waals surface area (Å²) in [5, 5.41) is 7.01. The number of fused-ring (bicyclic) bond motifs is 1. The minimum Gasteiger partial charge on any atom is -0.300 e. The molecule has 2 unspecified atom stereocenters. The van der Waals surface area contributed by atoms with Crippen LogP contribution in [-0.2, 0) is 0 Å². The molecular weight excluding hydrogens is 284 g/mol. The van der Waals surface area contributed by atoms with E-state index in [9.17, 15) is 0 Å². The molecule has 0 saturated carbocycles. The van der Waals surface area contributed by atoms with Gasteiger partial charge in [-0.15, -0.1) is 22.7 Å². The van der Waals surface area contributed by atoms with E-state index in [0.29, 0.717) is 6.04 Å². The molecule has 0 bridgehead atoms. The van der Waals surface area contributed by atoms with Gasteiger partial charge in [-0.3, -0.25) is 0 Å². The molecule has 20 heavy (non-hydrogen) atoms. The average Bonchev–Trinajstić information content (AvgIpc) is 3.13. The fraction of sp³-hybridized carbons (Fsp3) is 0.312. The molecule has 0 saturated heterocycles. The molecule has 4 heteroatoms. The molecule has 0 fully saturated rings. The van der Waals surface area contributed by atoms with E-state index in [2.05, 4.69) is 54.9 Å². The minimum absolute atomic E-state index is 0.277. The lowest BCUT2D eigenvalue weighted by Crippen LogP contribution is -2.23. The summed E-state index contributed by atoms with van der Waals surface area (Å²) in [6.07, 6.45) is 1.09. The van der Waals surface area contributed by atoms with Crippen molar-refractivity contribution in [1.82, 2.24) is 10.3 Å². The number of aromatic nitrogens is 1. The second-order valence-electron chi connectivity index (χ2n) is 4.88. The molecule has 2 nitrogen and oxygen atoms in total. The largest absolute Gasteiger partial charge is 0.300 e. The van der Waals surface area contributed by atoms with Crippen LogP contribution in [0.1, 0.15) is 42.2 Å². The maximum absolute atomic E-state index is 4.74. The lowest BCUT2D eigenvalue weighted by Gasteiger charge is -2.19. The number of hydrogen-bond acceptors (Lipinski definition) is 4. The van der Waals surface area contributed by atoms with E-state index in [0.717, 1.165) is 11.9 Å². The van der Waals surface area contributed by atoms with Gasteiger partial charge >= 0.3 is 0 Å². The number of nitrogens with zero attached hydrogens (tertiary/aromatic N) is 1. The zero-order valence-corrected chi connectivity index (χ0v) is 13.3. The summed E-state index contributed by atoms with van der Waals surface area (Å²) in [4.78, 5) is 6.14. The molecule has 3 rings (SSSR count). The van der Waals surface area contributed by atoms with Crippen molar-refractivity contribution in [1.29, 1.82) is 0 Å². The van der Waals surface area contributed by atoms with Crippen molar-refractivity contribution in [3.63, 3.8) is 0 Å². The summed E-state index contributed by atoms with van der Waals surface area (Å²) in [6, 6.07) is 13.4. The number of para-hydroxylation sites is 1. The summed E-state index contributed by atoms with van der Waals surface area (Å²) in [5.41, 5.74) is 1.10. The van der Waals surface area contributed by atoms with E-state index in [4.69, 9.17) is 4.98 Å². The van der Waals surface area contributed by atoms with E-state index >= 15 is 0 Å². The predicted octanol–water partition coefficient (Wildman–Crippen LogP) is 5.16. The van der Waals surface area contributed by atoms with Crippen LogP contribution < -0.4 is 5.32 Å². The zero-order chi connectivity index (χ0) is 13.9. The number of thiophene rings is 1. The smallest absolute Gasteiger partial charge is 0.111 e. The summed E-state index contributed by atoms with van der Waals surface area (Å²) >= 11 is 3.60. The Kier molecular flexibility index (Phi) is 4.15. The molecule has 0 aliphatic carbocycles. The second-order valence-corrected chi connectivity index (χ2v) is 6.93. The molecule has 0 aliphatic rings. The van der Waals surface area contributed by atoms with Crippen LogP contribution in [0, 0.1) is 0 Å². The molecule has 2 atom stereocenters. The monoisotopic (exact) mass is 302 g/mol. The van der Waals surface area contributed by atoms with Crippen molar-refractivity contribution in [2.75, 3.05) is 0 Å². The van der Waals surface area contributed by atoms with E-state index in [-0.39, 0.29) is 6.04 Å². The van der Waals surface area contributed by atoms with Crippen molar-refractivity contribution in [2.24, 2.45) is 0 Å². The highest BCUT2D eigenvalue weighted by Crippen LogP contribution is 2.29. The lowest BCUT2D eigenvalue weighted by molar-refractivity contribution is 0.461. The van der Waals surface area contributed by atoms with Crippen molar-refractivity contribution >= 4 is 32.9 Å². The summed E-state index contributed by atoms with van der Waals surface area (Å²) in [7, 11) is 0. The summed E-state index contributed by atoms with van der Waals surface area (Å²) in [6.45, 7) is 4.43. The van der Waals surface area contributed by atoms with Crippen molar-refractivity contribution < 1.29 is 0 Å². The number of hydrogen-bond donors (Lipinski definition) is 1. The molecule has 0 amide bonds. The van der Waals surface area contributed by atoms with E-state index in [1.807, 2.05) is 17.4 Å². The first kappa shape index (κ1) is 13.7. The van der Waals surface area contributed by atoms with Gasteiger partial charge in [-0.1, -0.05) is 25.1 Å². The highest BCUT2D eigenvalue weighted by atomic mass is 32.1. The molecule has 0 radical (unpaired) electrons. The highest BCUT2D eigenvalue weighted by molar-refractivity contribution is 7.18. The molecule has 0 aliphatic heterocycles. The topological polar surface area (TPSA) is 24.9 Å². The maximum atomic E-state index is 4.74. The predicted molar refractivity (Wildman–Crippen MR) is 88.5 cm³/mol. The highest BCUT2D eigenvalue weighted by Gasteiger charge is 2.17. The normalized spacial score (nSPS) is 14.5. The third kappa shape index (κ3) is 2.77. The Balaban J connectivity index is 1.79. The Morgan fingerprint density at radius 3 is 2.75 bits per heavy atom. The van der Waals surface area contributed by atoms with Crippen molar-refractivity contribution in [3.8, 4) is 0 Å². The lowest BCUT2D eigenvalue weighted by atomic mass is 10.1. The molecule has 3 aromatic rings. The third-order valence-corrected chi connectivity index (χ3v) is 5.63. The van der Waals surface area contributed by atoms with Crippen LogP contribution in [0.4, 0.5) is 0 Å². The molecular formula is C16H18N2S2. The first-order valence-corrected chi connectivity index (χ1v) is 8.62. The van der Waals surface area contributed by atoms with Crippen LogP contribution in [0.3, 0.4) is 0 Å². The van der Waals surface area contributed by atoms with Crippen LogP contribution in [0.5, 0.6) is 0 Å². The van der Waals surface area contributed by atoms with Gasteiger partial charge in [0.2, 0.25) is 0 Å². The number of nitrogens with one attached hydrogen (secondary N) is 1. The molecule has 2 heterocycles. The van der Waals surface area contributed by atoms with Crippen LogP contribution in [-0.4, -0.2) is 4.98 Å². The van der Waals surface area contributed by atoms with Gasteiger partial charge in [-0.25, -0.2) is 4.98 Å². The minimum atomic E-state index is 0.277. The van der Waals surface area contributed by atoms with Gasteiger partial charge in [0.05, 0.1) is 16.3 Å². The van der Waals surface area contributed by atoms with Gasteiger partial charge in [-0.2, -0.15) is 0 Å². The standard InChI is InChI=1S/C16H18N2S2/c1-3-12(14-9-6-10-19-14)17-11(2)16-18-13-7-4-5-8-15(13)20-16/h4-12,17H,3H2,1-2H3. The van der Waals surface area contributed by atoms with Gasteiger partial charge < -0.3 is 5.32 Å². The Morgan fingerprint density at radius 1 is 1.20 bits per heavy atom. The Bertz CT molecular complexity index is 640. The van der Waals surface area contributed by atoms with Gasteiger partial charge in [-0.05, 0) is 36.9 Å². The molecule has 0 spiro atoms. The molecule has 1 N–H and O–H groups in total. The SMILES string of the molecule is CCC(NC(C)c1nc2ccccc2s1)c1cccs1. The summed E-state index contributed by atoms with van der Waals surface area (Å²) < 4.78 is 1.26. The number of thiazole rings is 1. The van der Waals surface area contributed by atoms with Crippen LogP contribution in [0.25, 0.3) is 10.2 Å². The number of benzene rings is 1.